The van der Waals surface area contributed by atoms with Gasteiger partial charge >= 0.3 is 0 Å². The van der Waals surface area contributed by atoms with Gasteiger partial charge in [-0.1, -0.05) is 31.0 Å². The Labute approximate surface area is 187 Å². The van der Waals surface area contributed by atoms with Gasteiger partial charge in [-0.05, 0) is 50.1 Å². The number of nitrogens with one attached hydrogen (secondary N) is 2. The van der Waals surface area contributed by atoms with E-state index in [1.54, 1.807) is 24.3 Å². The number of halogens is 1. The molecular weight excluding hydrogens is 420 g/mol. The Kier molecular flexibility index (Phi) is 9.97. The van der Waals surface area contributed by atoms with Gasteiger partial charge in [-0.25, -0.2) is 0 Å². The van der Waals surface area contributed by atoms with Crippen LogP contribution in [0.3, 0.4) is 0 Å². The third kappa shape index (κ3) is 7.68. The van der Waals surface area contributed by atoms with E-state index in [-0.39, 0.29) is 17.6 Å². The van der Waals surface area contributed by atoms with Crippen molar-refractivity contribution in [2.45, 2.75) is 33.1 Å². The van der Waals surface area contributed by atoms with Gasteiger partial charge in [-0.2, -0.15) is 0 Å². The summed E-state index contributed by atoms with van der Waals surface area (Å²) in [4.78, 5) is 24.5. The molecule has 2 aromatic carbocycles. The minimum absolute atomic E-state index is 0.0341. The number of rotatable bonds is 12. The van der Waals surface area contributed by atoms with E-state index in [0.29, 0.717) is 60.4 Å². The third-order valence-electron chi connectivity index (χ3n) is 4.35. The molecule has 0 radical (unpaired) electrons. The largest absolute Gasteiger partial charge is 0.508 e. The molecule has 3 N–H and O–H groups in total. The van der Waals surface area contributed by atoms with Crippen molar-refractivity contribution < 1.29 is 24.2 Å². The average molecular weight is 449 g/mol. The molecule has 0 aliphatic heterocycles. The summed E-state index contributed by atoms with van der Waals surface area (Å²) in [5.74, 6) is 0.348. The van der Waals surface area contributed by atoms with Crippen LogP contribution in [-0.2, 0) is 0 Å². The van der Waals surface area contributed by atoms with E-state index >= 15 is 0 Å². The number of hydrogen-bond donors (Lipinski definition) is 3. The first-order chi connectivity index (χ1) is 15.0. The fourth-order valence-corrected chi connectivity index (χ4v) is 3.03. The van der Waals surface area contributed by atoms with Crippen LogP contribution in [0, 0.1) is 0 Å². The van der Waals surface area contributed by atoms with E-state index in [2.05, 4.69) is 17.6 Å². The topological polar surface area (TPSA) is 96.9 Å². The maximum atomic E-state index is 12.5. The van der Waals surface area contributed by atoms with Crippen LogP contribution in [0.4, 0.5) is 0 Å². The maximum absolute atomic E-state index is 12.5. The van der Waals surface area contributed by atoms with Crippen LogP contribution in [0.2, 0.25) is 5.02 Å². The first-order valence-corrected chi connectivity index (χ1v) is 10.8. The number of unbranched alkanes of at least 4 members (excludes halogenated alkanes) is 1. The number of carbonyl (C=O) groups is 2. The monoisotopic (exact) mass is 448 g/mol. The standard InChI is InChI=1S/C23H29ClN2O5/c1-3-5-12-31-21-19(24)14-17(15-20(21)30-4-2)23(29)26-11-7-10-25-22(28)16-8-6-9-18(27)13-16/h6,8-9,13-15,27H,3-5,7,10-12H2,1-2H3,(H,25,28)(H,26,29). The predicted octanol–water partition coefficient (Wildman–Crippen LogP) is 4.17. The number of phenols is 1. The van der Waals surface area contributed by atoms with Gasteiger partial charge in [-0.15, -0.1) is 0 Å². The van der Waals surface area contributed by atoms with Gasteiger partial charge in [0.25, 0.3) is 11.8 Å². The van der Waals surface area contributed by atoms with Crippen LogP contribution in [0.5, 0.6) is 17.2 Å². The summed E-state index contributed by atoms with van der Waals surface area (Å²) in [6.45, 7) is 5.61. The third-order valence-corrected chi connectivity index (χ3v) is 4.63. The van der Waals surface area contributed by atoms with Crippen LogP contribution in [0.25, 0.3) is 0 Å². The molecule has 0 bridgehead atoms. The molecule has 0 fully saturated rings. The highest BCUT2D eigenvalue weighted by molar-refractivity contribution is 6.32. The van der Waals surface area contributed by atoms with Crippen LogP contribution in [0.1, 0.15) is 53.8 Å². The van der Waals surface area contributed by atoms with Crippen molar-refractivity contribution in [3.63, 3.8) is 0 Å². The Morgan fingerprint density at radius 1 is 0.968 bits per heavy atom. The van der Waals surface area contributed by atoms with Gasteiger partial charge in [-0.3, -0.25) is 9.59 Å². The van der Waals surface area contributed by atoms with E-state index in [4.69, 9.17) is 21.1 Å². The molecule has 0 aliphatic carbocycles. The molecule has 31 heavy (non-hydrogen) atoms. The Bertz CT molecular complexity index is 888. The summed E-state index contributed by atoms with van der Waals surface area (Å²) in [5.41, 5.74) is 0.753. The quantitative estimate of drug-likeness (QED) is 0.423. The SMILES string of the molecule is CCCCOc1c(Cl)cc(C(=O)NCCCNC(=O)c2cccc(O)c2)cc1OCC. The van der Waals surface area contributed by atoms with E-state index < -0.39 is 0 Å². The normalized spacial score (nSPS) is 10.4. The smallest absolute Gasteiger partial charge is 0.251 e. The first-order valence-electron chi connectivity index (χ1n) is 10.4. The Morgan fingerprint density at radius 3 is 2.32 bits per heavy atom. The number of benzene rings is 2. The van der Waals surface area contributed by atoms with Crippen molar-refractivity contribution in [2.24, 2.45) is 0 Å². The minimum atomic E-state index is -0.290. The summed E-state index contributed by atoms with van der Waals surface area (Å²) in [7, 11) is 0. The second-order valence-electron chi connectivity index (χ2n) is 6.84. The summed E-state index contributed by atoms with van der Waals surface area (Å²) in [6, 6.07) is 9.30. The van der Waals surface area contributed by atoms with Gasteiger partial charge in [0.2, 0.25) is 0 Å². The zero-order valence-electron chi connectivity index (χ0n) is 17.9. The van der Waals surface area contributed by atoms with Crippen molar-refractivity contribution >= 4 is 23.4 Å². The van der Waals surface area contributed by atoms with Crippen LogP contribution < -0.4 is 20.1 Å². The molecule has 2 amide bonds. The predicted molar refractivity (Wildman–Crippen MR) is 120 cm³/mol. The average Bonchev–Trinajstić information content (AvgIpc) is 2.75. The highest BCUT2D eigenvalue weighted by Gasteiger charge is 2.16. The molecule has 2 aromatic rings. The van der Waals surface area contributed by atoms with Crippen LogP contribution >= 0.6 is 11.6 Å². The molecule has 8 heteroatoms. The lowest BCUT2D eigenvalue weighted by Crippen LogP contribution is -2.30. The van der Waals surface area contributed by atoms with Crippen LogP contribution in [0.15, 0.2) is 36.4 Å². The summed E-state index contributed by atoms with van der Waals surface area (Å²) in [6.07, 6.45) is 2.43. The first kappa shape index (κ1) is 24.3. The van der Waals surface area contributed by atoms with Crippen molar-refractivity contribution in [2.75, 3.05) is 26.3 Å². The number of aromatic hydroxyl groups is 1. The van der Waals surface area contributed by atoms with Gasteiger partial charge in [0, 0.05) is 24.2 Å². The number of amides is 2. The van der Waals surface area contributed by atoms with Gasteiger partial charge in [0.15, 0.2) is 11.5 Å². The molecule has 0 spiro atoms. The molecule has 168 valence electrons. The highest BCUT2D eigenvalue weighted by atomic mass is 35.5. The Hall–Kier alpha value is -2.93. The summed E-state index contributed by atoms with van der Waals surface area (Å²) >= 11 is 6.33. The molecule has 0 aromatic heterocycles. The Balaban J connectivity index is 1.86. The highest BCUT2D eigenvalue weighted by Crippen LogP contribution is 2.36. The second kappa shape index (κ2) is 12.7. The molecule has 0 unspecified atom stereocenters. The number of carbonyl (C=O) groups excluding carboxylic acids is 2. The maximum Gasteiger partial charge on any atom is 0.251 e. The van der Waals surface area contributed by atoms with E-state index in [1.807, 2.05) is 6.92 Å². The van der Waals surface area contributed by atoms with Crippen molar-refractivity contribution in [1.29, 1.82) is 0 Å². The van der Waals surface area contributed by atoms with E-state index in [0.717, 1.165) is 12.8 Å². The molecule has 0 saturated carbocycles. The minimum Gasteiger partial charge on any atom is -0.508 e. The lowest BCUT2D eigenvalue weighted by molar-refractivity contribution is 0.0951. The molecule has 2 rings (SSSR count). The van der Waals surface area contributed by atoms with E-state index in [1.165, 1.54) is 12.1 Å². The molecule has 0 heterocycles. The van der Waals surface area contributed by atoms with Crippen molar-refractivity contribution in [3.05, 3.63) is 52.5 Å². The summed E-state index contributed by atoms with van der Waals surface area (Å²) < 4.78 is 11.3. The summed E-state index contributed by atoms with van der Waals surface area (Å²) in [5, 5.41) is 15.3. The van der Waals surface area contributed by atoms with Gasteiger partial charge in [0.1, 0.15) is 5.75 Å². The van der Waals surface area contributed by atoms with Gasteiger partial charge in [0.05, 0.1) is 18.2 Å². The van der Waals surface area contributed by atoms with Crippen LogP contribution in [-0.4, -0.2) is 43.2 Å². The lowest BCUT2D eigenvalue weighted by Gasteiger charge is -2.15. The zero-order valence-corrected chi connectivity index (χ0v) is 18.6. The fraction of sp³-hybridized carbons (Fsp3) is 0.391. The lowest BCUT2D eigenvalue weighted by atomic mass is 10.1. The Morgan fingerprint density at radius 2 is 1.68 bits per heavy atom. The number of hydrogen-bond acceptors (Lipinski definition) is 5. The molecule has 0 atom stereocenters. The van der Waals surface area contributed by atoms with Crippen molar-refractivity contribution in [3.8, 4) is 17.2 Å². The second-order valence-corrected chi connectivity index (χ2v) is 7.24. The molecule has 0 aliphatic rings. The molecule has 0 saturated heterocycles. The molecule has 7 nitrogen and oxygen atoms in total. The number of ether oxygens (including phenoxy) is 2. The van der Waals surface area contributed by atoms with Crippen molar-refractivity contribution in [1.82, 2.24) is 10.6 Å². The number of phenolic OH excluding ortho intramolecular Hbond substituents is 1. The van der Waals surface area contributed by atoms with E-state index in [9.17, 15) is 14.7 Å². The van der Waals surface area contributed by atoms with Gasteiger partial charge < -0.3 is 25.2 Å². The molecular formula is C23H29ClN2O5. The fourth-order valence-electron chi connectivity index (χ4n) is 2.76. The zero-order chi connectivity index (χ0) is 22.6.